The summed E-state index contributed by atoms with van der Waals surface area (Å²) in [7, 11) is 0. The third kappa shape index (κ3) is 4.34. The summed E-state index contributed by atoms with van der Waals surface area (Å²) in [5.41, 5.74) is 1.47. The summed E-state index contributed by atoms with van der Waals surface area (Å²) in [6, 6.07) is 9.77. The molecule has 0 aliphatic carbocycles. The van der Waals surface area contributed by atoms with Crippen molar-refractivity contribution in [2.45, 2.75) is 38.5 Å². The minimum absolute atomic E-state index is 0.0688. The van der Waals surface area contributed by atoms with E-state index in [0.717, 1.165) is 17.4 Å². The number of amides is 1. The molecule has 166 valence electrons. The number of rotatable bonds is 3. The molecule has 31 heavy (non-hydrogen) atoms. The zero-order valence-corrected chi connectivity index (χ0v) is 17.4. The van der Waals surface area contributed by atoms with Gasteiger partial charge in [0.25, 0.3) is 0 Å². The lowest BCUT2D eigenvalue weighted by molar-refractivity contribution is -0.137. The van der Waals surface area contributed by atoms with Crippen LogP contribution in [0.4, 0.5) is 28.9 Å². The quantitative estimate of drug-likeness (QED) is 0.733. The van der Waals surface area contributed by atoms with Gasteiger partial charge < -0.3 is 15.1 Å². The third-order valence-electron chi connectivity index (χ3n) is 6.00. The average molecular weight is 435 g/mol. The van der Waals surface area contributed by atoms with Crippen molar-refractivity contribution in [1.82, 2.24) is 5.32 Å². The topological polar surface area (TPSA) is 35.6 Å². The van der Waals surface area contributed by atoms with Crippen LogP contribution in [-0.2, 0) is 17.4 Å². The fourth-order valence-corrected chi connectivity index (χ4v) is 4.58. The molecule has 2 aliphatic heterocycles. The normalized spacial score (nSPS) is 21.0. The van der Waals surface area contributed by atoms with Crippen LogP contribution < -0.4 is 15.1 Å². The van der Waals surface area contributed by atoms with E-state index >= 15 is 0 Å². The second-order valence-corrected chi connectivity index (χ2v) is 8.50. The zero-order chi connectivity index (χ0) is 22.3. The first-order valence-corrected chi connectivity index (χ1v) is 10.4. The van der Waals surface area contributed by atoms with Crippen LogP contribution in [0.2, 0.25) is 0 Å². The third-order valence-corrected chi connectivity index (χ3v) is 6.00. The Bertz CT molecular complexity index is 958. The number of hydrogen-bond donors (Lipinski definition) is 1. The first-order valence-electron chi connectivity index (χ1n) is 10.4. The molecule has 0 saturated carbocycles. The number of carbonyl (C=O) groups excluding carboxylic acids is 1. The van der Waals surface area contributed by atoms with Crippen LogP contribution in [0.1, 0.15) is 25.0 Å². The fourth-order valence-electron chi connectivity index (χ4n) is 4.58. The Morgan fingerprint density at radius 3 is 2.45 bits per heavy atom. The number of fused-ring (bicyclic) bond motifs is 3. The Balaban J connectivity index is 1.68. The van der Waals surface area contributed by atoms with Crippen molar-refractivity contribution in [3.8, 4) is 0 Å². The van der Waals surface area contributed by atoms with Gasteiger partial charge in [-0.3, -0.25) is 4.79 Å². The van der Waals surface area contributed by atoms with Crippen LogP contribution >= 0.6 is 0 Å². The van der Waals surface area contributed by atoms with E-state index in [0.29, 0.717) is 25.2 Å². The zero-order valence-electron chi connectivity index (χ0n) is 17.4. The fraction of sp³-hybridized carbons (Fsp3) is 0.435. The van der Waals surface area contributed by atoms with Gasteiger partial charge in [-0.05, 0) is 68.3 Å². The number of alkyl halides is 3. The first-order chi connectivity index (χ1) is 14.6. The van der Waals surface area contributed by atoms with Gasteiger partial charge in [0.2, 0.25) is 5.91 Å². The smallest absolute Gasteiger partial charge is 0.368 e. The molecule has 4 nitrogen and oxygen atoms in total. The molecule has 1 fully saturated rings. The summed E-state index contributed by atoms with van der Waals surface area (Å²) >= 11 is 0. The van der Waals surface area contributed by atoms with E-state index in [-0.39, 0.29) is 30.2 Å². The van der Waals surface area contributed by atoms with Crippen LogP contribution in [0.5, 0.6) is 0 Å². The minimum atomic E-state index is -4.43. The van der Waals surface area contributed by atoms with Gasteiger partial charge in [0.15, 0.2) is 0 Å². The van der Waals surface area contributed by atoms with Crippen molar-refractivity contribution < 1.29 is 22.4 Å². The lowest BCUT2D eigenvalue weighted by Gasteiger charge is -2.49. The molecule has 0 aromatic heterocycles. The Morgan fingerprint density at radius 2 is 1.81 bits per heavy atom. The highest BCUT2D eigenvalue weighted by atomic mass is 19.4. The van der Waals surface area contributed by atoms with Gasteiger partial charge in [0.1, 0.15) is 5.82 Å². The molecule has 1 saturated heterocycles. The largest absolute Gasteiger partial charge is 0.416 e. The molecule has 2 atom stereocenters. The molecule has 2 aliphatic rings. The maximum atomic E-state index is 13.3. The molecule has 4 rings (SSSR count). The van der Waals surface area contributed by atoms with Gasteiger partial charge >= 0.3 is 6.18 Å². The van der Waals surface area contributed by atoms with E-state index in [1.165, 1.54) is 24.3 Å². The number of benzene rings is 2. The molecular weight excluding hydrogens is 410 g/mol. The minimum Gasteiger partial charge on any atom is -0.368 e. The Morgan fingerprint density at radius 1 is 1.10 bits per heavy atom. The van der Waals surface area contributed by atoms with Gasteiger partial charge in [0, 0.05) is 37.1 Å². The molecule has 0 spiro atoms. The van der Waals surface area contributed by atoms with Crippen LogP contribution in [0, 0.1) is 11.7 Å². The van der Waals surface area contributed by atoms with Crippen LogP contribution in [0.15, 0.2) is 42.5 Å². The van der Waals surface area contributed by atoms with Gasteiger partial charge in [-0.15, -0.1) is 0 Å². The van der Waals surface area contributed by atoms with Crippen molar-refractivity contribution >= 4 is 17.3 Å². The van der Waals surface area contributed by atoms with Gasteiger partial charge in [-0.1, -0.05) is 0 Å². The summed E-state index contributed by atoms with van der Waals surface area (Å²) in [6.45, 7) is 5.44. The number of piperazine rings is 1. The summed E-state index contributed by atoms with van der Waals surface area (Å²) in [6.07, 6.45) is -4.18. The van der Waals surface area contributed by atoms with Gasteiger partial charge in [-0.2, -0.15) is 13.2 Å². The predicted octanol–water partition coefficient (Wildman–Crippen LogP) is 4.24. The molecule has 2 aromatic carbocycles. The SMILES string of the molecule is CC(C)NC(=O)C1Cc2cc(C(F)(F)F)ccc2N2CCN(c3ccc(F)cc3)CC12. The Kier molecular flexibility index (Phi) is 5.58. The van der Waals surface area contributed by atoms with Crippen LogP contribution in [0.3, 0.4) is 0 Å². The standard InChI is InChI=1S/C23H25F4N3O/c1-14(2)28-22(31)19-12-15-11-16(23(25,26)27)3-8-20(15)30-10-9-29(13-21(19)30)18-6-4-17(24)5-7-18/h3-8,11,14,19,21H,9-10,12-13H2,1-2H3,(H,28,31). The van der Waals surface area contributed by atoms with Gasteiger partial charge in [-0.25, -0.2) is 4.39 Å². The van der Waals surface area contributed by atoms with Crippen molar-refractivity contribution in [3.05, 3.63) is 59.4 Å². The highest BCUT2D eigenvalue weighted by Crippen LogP contribution is 2.40. The van der Waals surface area contributed by atoms with Crippen molar-refractivity contribution in [3.63, 3.8) is 0 Å². The number of nitrogens with one attached hydrogen (secondary N) is 1. The van der Waals surface area contributed by atoms with Crippen LogP contribution in [0.25, 0.3) is 0 Å². The molecule has 1 N–H and O–H groups in total. The van der Waals surface area contributed by atoms with E-state index in [1.54, 1.807) is 12.1 Å². The molecular formula is C23H25F4N3O. The number of anilines is 2. The summed E-state index contributed by atoms with van der Waals surface area (Å²) in [5, 5.41) is 2.93. The van der Waals surface area contributed by atoms with Gasteiger partial charge in [0.05, 0.1) is 17.5 Å². The average Bonchev–Trinajstić information content (AvgIpc) is 2.71. The first kappa shape index (κ1) is 21.5. The lowest BCUT2D eigenvalue weighted by Crippen LogP contribution is -2.61. The molecule has 8 heteroatoms. The number of carbonyl (C=O) groups is 1. The van der Waals surface area contributed by atoms with Crippen LogP contribution in [-0.4, -0.2) is 37.6 Å². The summed E-state index contributed by atoms with van der Waals surface area (Å²) in [4.78, 5) is 17.2. The Hall–Kier alpha value is -2.77. The second-order valence-electron chi connectivity index (χ2n) is 8.50. The second kappa shape index (κ2) is 8.05. The molecule has 2 unspecified atom stereocenters. The molecule has 2 aromatic rings. The number of nitrogens with zero attached hydrogens (tertiary/aromatic N) is 2. The van der Waals surface area contributed by atoms with E-state index in [1.807, 2.05) is 13.8 Å². The highest BCUT2D eigenvalue weighted by Gasteiger charge is 2.42. The Labute approximate surface area is 178 Å². The van der Waals surface area contributed by atoms with E-state index < -0.39 is 17.7 Å². The van der Waals surface area contributed by atoms with E-state index in [9.17, 15) is 22.4 Å². The van der Waals surface area contributed by atoms with E-state index in [2.05, 4.69) is 15.1 Å². The monoisotopic (exact) mass is 435 g/mol. The lowest BCUT2D eigenvalue weighted by atomic mass is 9.82. The van der Waals surface area contributed by atoms with Crippen molar-refractivity contribution in [1.29, 1.82) is 0 Å². The maximum Gasteiger partial charge on any atom is 0.416 e. The summed E-state index contributed by atoms with van der Waals surface area (Å²) < 4.78 is 53.1. The molecule has 2 heterocycles. The van der Waals surface area contributed by atoms with Crippen molar-refractivity contribution in [2.75, 3.05) is 29.4 Å². The molecule has 0 bridgehead atoms. The predicted molar refractivity (Wildman–Crippen MR) is 112 cm³/mol. The van der Waals surface area contributed by atoms with Crippen molar-refractivity contribution in [2.24, 2.45) is 5.92 Å². The number of halogens is 4. The number of hydrogen-bond acceptors (Lipinski definition) is 3. The maximum absolute atomic E-state index is 13.3. The highest BCUT2D eigenvalue weighted by molar-refractivity contribution is 5.82. The van der Waals surface area contributed by atoms with E-state index in [4.69, 9.17) is 0 Å². The summed E-state index contributed by atoms with van der Waals surface area (Å²) in [5.74, 6) is -0.959. The molecule has 1 amide bonds. The molecule has 0 radical (unpaired) electrons.